The lowest BCUT2D eigenvalue weighted by atomic mass is 9.85. The number of nitriles is 1. The van der Waals surface area contributed by atoms with Gasteiger partial charge in [0.15, 0.2) is 0 Å². The quantitative estimate of drug-likeness (QED) is 0.706. The van der Waals surface area contributed by atoms with Crippen molar-refractivity contribution in [2.24, 2.45) is 5.73 Å². The highest BCUT2D eigenvalue weighted by molar-refractivity contribution is 5.53. The summed E-state index contributed by atoms with van der Waals surface area (Å²) in [6, 6.07) is 8.45. The molecule has 1 aromatic carbocycles. The van der Waals surface area contributed by atoms with Crippen LogP contribution in [-0.2, 0) is 0 Å². The molecule has 0 bridgehead atoms. The van der Waals surface area contributed by atoms with Crippen LogP contribution in [0, 0.1) is 11.3 Å². The van der Waals surface area contributed by atoms with E-state index in [1.807, 2.05) is 6.07 Å². The molecule has 0 spiro atoms. The van der Waals surface area contributed by atoms with Gasteiger partial charge in [-0.15, -0.1) is 0 Å². The molecule has 0 fully saturated rings. The van der Waals surface area contributed by atoms with E-state index in [0.29, 0.717) is 11.1 Å². The largest absolute Gasteiger partial charge is 0.508 e. The van der Waals surface area contributed by atoms with Gasteiger partial charge in [0.2, 0.25) is 11.8 Å². The zero-order valence-electron chi connectivity index (χ0n) is 10.7. The van der Waals surface area contributed by atoms with E-state index in [1.165, 1.54) is 18.3 Å². The number of phenols is 1. The number of hydrogen-bond acceptors (Lipinski definition) is 6. The van der Waals surface area contributed by atoms with Gasteiger partial charge >= 0.3 is 5.69 Å². The molecule has 2 heterocycles. The van der Waals surface area contributed by atoms with Crippen LogP contribution in [0.3, 0.4) is 0 Å². The van der Waals surface area contributed by atoms with Crippen molar-refractivity contribution in [3.63, 3.8) is 0 Å². The molecule has 0 aliphatic carbocycles. The first-order valence-corrected chi connectivity index (χ1v) is 6.06. The fourth-order valence-corrected chi connectivity index (χ4v) is 2.31. The molecule has 104 valence electrons. The predicted octanol–water partition coefficient (Wildman–Crippen LogP) is 0.694. The van der Waals surface area contributed by atoms with E-state index in [1.54, 1.807) is 12.1 Å². The number of allylic oxidation sites excluding steroid dienone is 1. The van der Waals surface area contributed by atoms with Gasteiger partial charge in [0, 0.05) is 11.8 Å². The molecule has 0 saturated heterocycles. The lowest BCUT2D eigenvalue weighted by molar-refractivity contribution is 0.374. The smallest absolute Gasteiger partial charge is 0.347 e. The number of rotatable bonds is 1. The van der Waals surface area contributed by atoms with Crippen molar-refractivity contribution in [1.82, 2.24) is 9.97 Å². The number of nitrogens with zero attached hydrogens (tertiary/aromatic N) is 2. The number of benzene rings is 1. The van der Waals surface area contributed by atoms with Crippen molar-refractivity contribution in [2.75, 3.05) is 0 Å². The van der Waals surface area contributed by atoms with Gasteiger partial charge in [0.25, 0.3) is 0 Å². The molecule has 0 saturated carbocycles. The molecule has 1 aliphatic heterocycles. The molecular formula is C14H10N4O3. The summed E-state index contributed by atoms with van der Waals surface area (Å²) < 4.78 is 5.27. The highest BCUT2D eigenvalue weighted by Gasteiger charge is 2.31. The molecule has 0 radical (unpaired) electrons. The highest BCUT2D eigenvalue weighted by atomic mass is 16.5. The van der Waals surface area contributed by atoms with E-state index in [-0.39, 0.29) is 23.1 Å². The molecule has 4 N–H and O–H groups in total. The monoisotopic (exact) mass is 282 g/mol. The zero-order chi connectivity index (χ0) is 15.0. The molecule has 7 nitrogen and oxygen atoms in total. The van der Waals surface area contributed by atoms with Gasteiger partial charge < -0.3 is 15.6 Å². The van der Waals surface area contributed by atoms with E-state index >= 15 is 0 Å². The van der Waals surface area contributed by atoms with Crippen LogP contribution in [0.1, 0.15) is 17.0 Å². The maximum atomic E-state index is 11.3. The number of ether oxygens (including phenoxy) is 1. The molecule has 1 unspecified atom stereocenters. The summed E-state index contributed by atoms with van der Waals surface area (Å²) in [5.74, 6) is -0.427. The topological polar surface area (TPSA) is 125 Å². The summed E-state index contributed by atoms with van der Waals surface area (Å²) in [7, 11) is 0. The second-order valence-electron chi connectivity index (χ2n) is 4.49. The van der Waals surface area contributed by atoms with E-state index in [0.717, 1.165) is 0 Å². The zero-order valence-corrected chi connectivity index (χ0v) is 10.7. The summed E-state index contributed by atoms with van der Waals surface area (Å²) in [6.45, 7) is 0. The molecule has 1 aliphatic rings. The number of aromatic nitrogens is 2. The first kappa shape index (κ1) is 12.7. The standard InChI is InChI=1S/C14H10N4O3/c15-5-9-11(7-2-1-3-8(19)4-7)10-6-17-14(20)18-13(10)21-12(9)16/h1-4,6,11,19H,16H2,(H,17,18,20). The van der Waals surface area contributed by atoms with E-state index < -0.39 is 11.6 Å². The number of nitrogens with two attached hydrogens (primary N) is 1. The van der Waals surface area contributed by atoms with Crippen molar-refractivity contribution in [3.8, 4) is 17.7 Å². The van der Waals surface area contributed by atoms with Crippen LogP contribution in [0.15, 0.2) is 46.7 Å². The fraction of sp³-hybridized carbons (Fsp3) is 0.0714. The average molecular weight is 282 g/mol. The Hall–Kier alpha value is -3.27. The van der Waals surface area contributed by atoms with Crippen LogP contribution in [0.2, 0.25) is 0 Å². The van der Waals surface area contributed by atoms with Gasteiger partial charge in [0.1, 0.15) is 17.4 Å². The van der Waals surface area contributed by atoms with Gasteiger partial charge in [0.05, 0.1) is 5.92 Å². The van der Waals surface area contributed by atoms with E-state index in [9.17, 15) is 15.2 Å². The number of nitrogens with one attached hydrogen (secondary N) is 1. The van der Waals surface area contributed by atoms with Crippen molar-refractivity contribution in [2.45, 2.75) is 5.92 Å². The Kier molecular flexibility index (Phi) is 2.84. The number of fused-ring (bicyclic) bond motifs is 1. The number of phenolic OH excluding ortho intramolecular Hbond substituents is 1. The third-order valence-electron chi connectivity index (χ3n) is 3.20. The Morgan fingerprint density at radius 3 is 3.00 bits per heavy atom. The minimum atomic E-state index is -0.573. The Labute approximate surface area is 118 Å². The molecule has 21 heavy (non-hydrogen) atoms. The molecule has 2 aromatic rings. The Morgan fingerprint density at radius 1 is 1.48 bits per heavy atom. The second kappa shape index (κ2) is 4.68. The van der Waals surface area contributed by atoms with Crippen molar-refractivity contribution < 1.29 is 9.84 Å². The highest BCUT2D eigenvalue weighted by Crippen LogP contribution is 2.40. The lowest BCUT2D eigenvalue weighted by Gasteiger charge is -2.25. The van der Waals surface area contributed by atoms with Crippen LogP contribution in [0.4, 0.5) is 0 Å². The van der Waals surface area contributed by atoms with E-state index in [4.69, 9.17) is 10.5 Å². The van der Waals surface area contributed by atoms with Crippen molar-refractivity contribution in [3.05, 3.63) is 63.5 Å². The normalized spacial score (nSPS) is 16.8. The minimum absolute atomic E-state index is 0.0637. The molecule has 7 heteroatoms. The minimum Gasteiger partial charge on any atom is -0.508 e. The first-order chi connectivity index (χ1) is 10.1. The summed E-state index contributed by atoms with van der Waals surface area (Å²) in [5, 5.41) is 18.9. The Bertz CT molecular complexity index is 848. The van der Waals surface area contributed by atoms with Gasteiger partial charge in [-0.25, -0.2) is 9.78 Å². The van der Waals surface area contributed by atoms with Crippen LogP contribution in [-0.4, -0.2) is 15.1 Å². The van der Waals surface area contributed by atoms with Gasteiger partial charge in [-0.1, -0.05) is 12.1 Å². The lowest BCUT2D eigenvalue weighted by Crippen LogP contribution is -2.25. The summed E-state index contributed by atoms with van der Waals surface area (Å²) >= 11 is 0. The van der Waals surface area contributed by atoms with Gasteiger partial charge in [-0.2, -0.15) is 5.26 Å². The Balaban J connectivity index is 2.26. The van der Waals surface area contributed by atoms with Crippen LogP contribution >= 0.6 is 0 Å². The summed E-state index contributed by atoms with van der Waals surface area (Å²) in [6.07, 6.45) is 1.34. The van der Waals surface area contributed by atoms with Crippen LogP contribution in [0.5, 0.6) is 11.6 Å². The van der Waals surface area contributed by atoms with Crippen molar-refractivity contribution in [1.29, 1.82) is 5.26 Å². The third kappa shape index (κ3) is 2.08. The maximum Gasteiger partial charge on any atom is 0.347 e. The van der Waals surface area contributed by atoms with E-state index in [2.05, 4.69) is 9.97 Å². The number of aromatic hydroxyl groups is 1. The average Bonchev–Trinajstić information content (AvgIpc) is 2.45. The van der Waals surface area contributed by atoms with Crippen molar-refractivity contribution >= 4 is 0 Å². The molecule has 3 rings (SSSR count). The fourth-order valence-electron chi connectivity index (χ4n) is 2.31. The second-order valence-corrected chi connectivity index (χ2v) is 4.49. The van der Waals surface area contributed by atoms with Crippen LogP contribution in [0.25, 0.3) is 0 Å². The molecule has 0 amide bonds. The maximum absolute atomic E-state index is 11.3. The number of aromatic amines is 1. The summed E-state index contributed by atoms with van der Waals surface area (Å²) in [4.78, 5) is 17.4. The third-order valence-corrected chi connectivity index (χ3v) is 3.20. The van der Waals surface area contributed by atoms with Gasteiger partial charge in [-0.05, 0) is 17.7 Å². The predicted molar refractivity (Wildman–Crippen MR) is 72.3 cm³/mol. The SMILES string of the molecule is N#CC1=C(N)Oc2[nH]c(=O)ncc2C1c1cccc(O)c1. The Morgan fingerprint density at radius 2 is 2.29 bits per heavy atom. The first-order valence-electron chi connectivity index (χ1n) is 6.06. The molecule has 1 atom stereocenters. The van der Waals surface area contributed by atoms with Crippen LogP contribution < -0.4 is 16.2 Å². The number of H-pyrrole nitrogens is 1. The van der Waals surface area contributed by atoms with Gasteiger partial charge in [-0.3, -0.25) is 4.98 Å². The number of hydrogen-bond donors (Lipinski definition) is 3. The molecular weight excluding hydrogens is 272 g/mol. The molecule has 1 aromatic heterocycles. The summed E-state index contributed by atoms with van der Waals surface area (Å²) in [5.41, 5.74) is 6.53.